The minimum atomic E-state index is 0.488. The summed E-state index contributed by atoms with van der Waals surface area (Å²) in [5, 5.41) is 2.87. The highest BCUT2D eigenvalue weighted by Gasteiger charge is 2.00. The van der Waals surface area contributed by atoms with Gasteiger partial charge in [-0.25, -0.2) is 0 Å². The molecular weight excluding hydrogens is 194 g/mol. The van der Waals surface area contributed by atoms with Crippen LogP contribution in [0.3, 0.4) is 0 Å². The fourth-order valence-electron chi connectivity index (χ4n) is 0.739. The van der Waals surface area contributed by atoms with Gasteiger partial charge in [0.2, 0.25) is 0 Å². The molecule has 0 amide bonds. The van der Waals surface area contributed by atoms with E-state index in [9.17, 15) is 4.91 Å². The summed E-state index contributed by atoms with van der Waals surface area (Å²) >= 11 is 3.21. The van der Waals surface area contributed by atoms with Gasteiger partial charge >= 0.3 is 0 Å². The number of hydrogen-bond acceptors (Lipinski definition) is 2. The van der Waals surface area contributed by atoms with Crippen LogP contribution >= 0.6 is 15.9 Å². The number of benzene rings is 1. The Hall–Kier alpha value is -0.700. The molecule has 0 atom stereocenters. The molecule has 0 spiro atoms. The predicted octanol–water partition coefficient (Wildman–Crippen LogP) is 3.16. The van der Waals surface area contributed by atoms with Gasteiger partial charge in [0, 0.05) is 4.47 Å². The summed E-state index contributed by atoms with van der Waals surface area (Å²) in [6, 6.07) is 5.51. The van der Waals surface area contributed by atoms with Gasteiger partial charge in [0.05, 0.1) is 0 Å². The maximum absolute atomic E-state index is 10.2. The summed E-state index contributed by atoms with van der Waals surface area (Å²) in [5.74, 6) is 0. The molecule has 0 aliphatic carbocycles. The van der Waals surface area contributed by atoms with Gasteiger partial charge in [0.25, 0.3) is 0 Å². The molecule has 0 unspecified atom stereocenters. The number of nitroso groups, excluding NO2 is 1. The summed E-state index contributed by atoms with van der Waals surface area (Å²) in [6.07, 6.45) is 0. The molecule has 52 valence electrons. The standard InChI is InChI=1S/C7H6BrNO/c1-5-3-2-4-6(8)7(5)9-10/h2-4H,1H3. The van der Waals surface area contributed by atoms with Gasteiger partial charge in [0.15, 0.2) is 0 Å². The van der Waals surface area contributed by atoms with Crippen molar-refractivity contribution in [2.45, 2.75) is 6.92 Å². The van der Waals surface area contributed by atoms with Gasteiger partial charge in [-0.15, -0.1) is 4.91 Å². The SMILES string of the molecule is Cc1cccc(Br)c1N=O. The van der Waals surface area contributed by atoms with E-state index in [2.05, 4.69) is 21.1 Å². The Morgan fingerprint density at radius 1 is 1.50 bits per heavy atom. The van der Waals surface area contributed by atoms with Crippen LogP contribution in [0.15, 0.2) is 27.8 Å². The number of halogens is 1. The van der Waals surface area contributed by atoms with Crippen LogP contribution in [0.2, 0.25) is 0 Å². The maximum Gasteiger partial charge on any atom is 0.125 e. The van der Waals surface area contributed by atoms with E-state index in [1.807, 2.05) is 19.1 Å². The number of hydrogen-bond donors (Lipinski definition) is 0. The number of aryl methyl sites for hydroxylation is 1. The Morgan fingerprint density at radius 2 is 2.20 bits per heavy atom. The van der Waals surface area contributed by atoms with Crippen LogP contribution in [0.1, 0.15) is 5.56 Å². The summed E-state index contributed by atoms with van der Waals surface area (Å²) in [5.41, 5.74) is 1.38. The molecule has 0 fully saturated rings. The van der Waals surface area contributed by atoms with E-state index in [0.29, 0.717) is 5.69 Å². The van der Waals surface area contributed by atoms with Crippen molar-refractivity contribution in [1.82, 2.24) is 0 Å². The molecule has 1 aromatic carbocycles. The second-order valence-corrected chi connectivity index (χ2v) is 2.85. The van der Waals surface area contributed by atoms with Crippen LogP contribution in [0.5, 0.6) is 0 Å². The van der Waals surface area contributed by atoms with E-state index < -0.39 is 0 Å². The van der Waals surface area contributed by atoms with Crippen molar-refractivity contribution in [2.24, 2.45) is 5.18 Å². The predicted molar refractivity (Wildman–Crippen MR) is 44.3 cm³/mol. The summed E-state index contributed by atoms with van der Waals surface area (Å²) in [7, 11) is 0. The average molecular weight is 200 g/mol. The molecule has 10 heavy (non-hydrogen) atoms. The minimum absolute atomic E-state index is 0.488. The highest BCUT2D eigenvalue weighted by molar-refractivity contribution is 9.10. The minimum Gasteiger partial charge on any atom is -0.145 e. The Balaban J connectivity index is 3.30. The smallest absolute Gasteiger partial charge is 0.125 e. The Bertz CT molecular complexity index is 240. The fourth-order valence-corrected chi connectivity index (χ4v) is 1.28. The van der Waals surface area contributed by atoms with E-state index in [0.717, 1.165) is 10.0 Å². The zero-order valence-electron chi connectivity index (χ0n) is 5.47. The molecule has 0 bridgehead atoms. The van der Waals surface area contributed by atoms with Gasteiger partial charge in [-0.1, -0.05) is 12.1 Å². The lowest BCUT2D eigenvalue weighted by molar-refractivity contribution is 1.37. The van der Waals surface area contributed by atoms with Gasteiger partial charge in [-0.2, -0.15) is 0 Å². The van der Waals surface area contributed by atoms with Crippen LogP contribution in [0.4, 0.5) is 5.69 Å². The second-order valence-electron chi connectivity index (χ2n) is 2.00. The van der Waals surface area contributed by atoms with Crippen molar-refractivity contribution < 1.29 is 0 Å². The molecule has 3 heteroatoms. The topological polar surface area (TPSA) is 29.4 Å². The Labute approximate surface area is 67.4 Å². The lowest BCUT2D eigenvalue weighted by Crippen LogP contribution is -1.73. The quantitative estimate of drug-likeness (QED) is 0.640. The molecule has 2 nitrogen and oxygen atoms in total. The van der Waals surface area contributed by atoms with E-state index in [1.54, 1.807) is 6.07 Å². The van der Waals surface area contributed by atoms with Gasteiger partial charge in [-0.05, 0) is 39.7 Å². The largest absolute Gasteiger partial charge is 0.145 e. The maximum atomic E-state index is 10.2. The zero-order valence-corrected chi connectivity index (χ0v) is 7.05. The van der Waals surface area contributed by atoms with Crippen LogP contribution in [0, 0.1) is 11.8 Å². The molecule has 1 rings (SSSR count). The van der Waals surface area contributed by atoms with Gasteiger partial charge in [-0.3, -0.25) is 0 Å². The fraction of sp³-hybridized carbons (Fsp3) is 0.143. The van der Waals surface area contributed by atoms with Crippen LogP contribution < -0.4 is 0 Å². The number of nitrogens with zero attached hydrogens (tertiary/aromatic N) is 1. The van der Waals surface area contributed by atoms with E-state index >= 15 is 0 Å². The van der Waals surface area contributed by atoms with Crippen molar-refractivity contribution in [3.05, 3.63) is 33.1 Å². The molecule has 1 aromatic rings. The number of rotatable bonds is 1. The van der Waals surface area contributed by atoms with Gasteiger partial charge in [0.1, 0.15) is 5.69 Å². The second kappa shape index (κ2) is 2.92. The van der Waals surface area contributed by atoms with Crippen molar-refractivity contribution in [2.75, 3.05) is 0 Å². The van der Waals surface area contributed by atoms with Crippen LogP contribution in [-0.4, -0.2) is 0 Å². The van der Waals surface area contributed by atoms with Crippen molar-refractivity contribution >= 4 is 21.6 Å². The molecule has 0 heterocycles. The van der Waals surface area contributed by atoms with Crippen molar-refractivity contribution in [1.29, 1.82) is 0 Å². The molecule has 0 saturated heterocycles. The van der Waals surface area contributed by atoms with Crippen LogP contribution in [-0.2, 0) is 0 Å². The molecule has 0 aliphatic heterocycles. The molecule has 0 N–H and O–H groups in total. The third-order valence-electron chi connectivity index (χ3n) is 1.28. The lowest BCUT2D eigenvalue weighted by atomic mass is 10.2. The highest BCUT2D eigenvalue weighted by Crippen LogP contribution is 2.27. The first-order chi connectivity index (χ1) is 4.75. The monoisotopic (exact) mass is 199 g/mol. The first-order valence-corrected chi connectivity index (χ1v) is 3.63. The molecule has 0 radical (unpaired) electrons. The van der Waals surface area contributed by atoms with E-state index in [1.165, 1.54) is 0 Å². The summed E-state index contributed by atoms with van der Waals surface area (Å²) in [4.78, 5) is 10.2. The van der Waals surface area contributed by atoms with Gasteiger partial charge < -0.3 is 0 Å². The Kier molecular flexibility index (Phi) is 2.17. The third-order valence-corrected chi connectivity index (χ3v) is 1.92. The highest BCUT2D eigenvalue weighted by atomic mass is 79.9. The molecule has 0 saturated carbocycles. The Morgan fingerprint density at radius 3 is 2.60 bits per heavy atom. The van der Waals surface area contributed by atoms with Crippen molar-refractivity contribution in [3.8, 4) is 0 Å². The summed E-state index contributed by atoms with van der Waals surface area (Å²) in [6.45, 7) is 1.85. The molecule has 0 aliphatic rings. The normalized spacial score (nSPS) is 9.40. The lowest BCUT2D eigenvalue weighted by Gasteiger charge is -1.96. The average Bonchev–Trinajstić information content (AvgIpc) is 1.88. The van der Waals surface area contributed by atoms with Crippen LogP contribution in [0.25, 0.3) is 0 Å². The zero-order chi connectivity index (χ0) is 7.56. The first-order valence-electron chi connectivity index (χ1n) is 2.84. The van der Waals surface area contributed by atoms with Crippen molar-refractivity contribution in [3.63, 3.8) is 0 Å². The van der Waals surface area contributed by atoms with E-state index in [4.69, 9.17) is 0 Å². The molecular formula is C7H6BrNO. The van der Waals surface area contributed by atoms with E-state index in [-0.39, 0.29) is 0 Å². The third kappa shape index (κ3) is 1.24. The summed E-state index contributed by atoms with van der Waals surface area (Å²) < 4.78 is 0.752. The first kappa shape index (κ1) is 7.41. The molecule has 0 aromatic heterocycles.